The van der Waals surface area contributed by atoms with Crippen LogP contribution < -0.4 is 10.6 Å². The van der Waals surface area contributed by atoms with Crippen molar-refractivity contribution < 1.29 is 9.59 Å². The third-order valence-electron chi connectivity index (χ3n) is 3.96. The van der Waals surface area contributed by atoms with Crippen molar-refractivity contribution in [3.8, 4) is 0 Å². The van der Waals surface area contributed by atoms with Gasteiger partial charge in [0.15, 0.2) is 0 Å². The van der Waals surface area contributed by atoms with E-state index < -0.39 is 0 Å². The van der Waals surface area contributed by atoms with Gasteiger partial charge in [-0.3, -0.25) is 14.5 Å². The molecule has 5 nitrogen and oxygen atoms in total. The second-order valence-electron chi connectivity index (χ2n) is 6.23. The van der Waals surface area contributed by atoms with Gasteiger partial charge in [0, 0.05) is 9.92 Å². The Morgan fingerprint density at radius 3 is 2.41 bits per heavy atom. The van der Waals surface area contributed by atoms with E-state index in [2.05, 4.69) is 10.6 Å². The fourth-order valence-electron chi connectivity index (χ4n) is 2.67. The van der Waals surface area contributed by atoms with Crippen LogP contribution in [0, 0.1) is 0 Å². The zero-order valence-corrected chi connectivity index (χ0v) is 17.2. The highest BCUT2D eigenvalue weighted by Crippen LogP contribution is 2.24. The van der Waals surface area contributed by atoms with Gasteiger partial charge in [-0.25, -0.2) is 0 Å². The third-order valence-corrected chi connectivity index (χ3v) is 5.10. The highest BCUT2D eigenvalue weighted by molar-refractivity contribution is 7.98. The summed E-state index contributed by atoms with van der Waals surface area (Å²) in [5.74, 6) is -0.326. The van der Waals surface area contributed by atoms with Crippen LogP contribution >= 0.6 is 23.4 Å². The van der Waals surface area contributed by atoms with Crippen LogP contribution in [0.5, 0.6) is 0 Å². The number of rotatable bonds is 8. The average molecular weight is 406 g/mol. The number of carbonyl (C=O) groups excluding carboxylic acids is 2. The minimum atomic E-state index is -0.207. The zero-order valence-electron chi connectivity index (χ0n) is 15.7. The molecule has 0 fully saturated rings. The zero-order chi connectivity index (χ0) is 19.8. The number of nitrogens with zero attached hydrogens (tertiary/aromatic N) is 1. The molecule has 7 heteroatoms. The molecule has 0 aliphatic rings. The molecule has 0 spiro atoms. The van der Waals surface area contributed by atoms with Gasteiger partial charge < -0.3 is 10.6 Å². The molecule has 0 radical (unpaired) electrons. The summed E-state index contributed by atoms with van der Waals surface area (Å²) in [6, 6.07) is 14.8. The fraction of sp³-hybridized carbons (Fsp3) is 0.300. The second kappa shape index (κ2) is 10.3. The predicted molar refractivity (Wildman–Crippen MR) is 112 cm³/mol. The van der Waals surface area contributed by atoms with E-state index in [0.717, 1.165) is 16.1 Å². The van der Waals surface area contributed by atoms with Crippen molar-refractivity contribution in [3.05, 3.63) is 59.1 Å². The number of nitrogens with one attached hydrogen (secondary N) is 2. The topological polar surface area (TPSA) is 61.4 Å². The molecule has 2 rings (SSSR count). The number of amides is 2. The van der Waals surface area contributed by atoms with Gasteiger partial charge in [0.25, 0.3) is 0 Å². The van der Waals surface area contributed by atoms with Crippen molar-refractivity contribution in [1.82, 2.24) is 10.2 Å². The Morgan fingerprint density at radius 1 is 1.07 bits per heavy atom. The number of hydrogen-bond acceptors (Lipinski definition) is 4. The van der Waals surface area contributed by atoms with Crippen LogP contribution in [0.2, 0.25) is 5.02 Å². The summed E-state index contributed by atoms with van der Waals surface area (Å²) in [5, 5.41) is 6.41. The number of para-hydroxylation sites is 1. The first-order valence-electron chi connectivity index (χ1n) is 8.56. The Hall–Kier alpha value is -2.02. The Kier molecular flexibility index (Phi) is 8.16. The van der Waals surface area contributed by atoms with Crippen molar-refractivity contribution in [2.75, 3.05) is 31.7 Å². The number of anilines is 1. The van der Waals surface area contributed by atoms with Crippen molar-refractivity contribution >= 4 is 40.9 Å². The molecule has 0 bridgehead atoms. The summed E-state index contributed by atoms with van der Waals surface area (Å²) in [5.41, 5.74) is 1.64. The Labute approximate surface area is 169 Å². The Morgan fingerprint density at radius 2 is 1.70 bits per heavy atom. The first-order valence-corrected chi connectivity index (χ1v) is 10.2. The highest BCUT2D eigenvalue weighted by Gasteiger charge is 2.15. The van der Waals surface area contributed by atoms with E-state index in [1.165, 1.54) is 0 Å². The molecule has 2 N–H and O–H groups in total. The minimum Gasteiger partial charge on any atom is -0.348 e. The van der Waals surface area contributed by atoms with Gasteiger partial charge in [-0.2, -0.15) is 0 Å². The molecule has 27 heavy (non-hydrogen) atoms. The third kappa shape index (κ3) is 6.57. The van der Waals surface area contributed by atoms with E-state index in [1.807, 2.05) is 55.6 Å². The maximum absolute atomic E-state index is 12.3. The van der Waals surface area contributed by atoms with Gasteiger partial charge in [-0.15, -0.1) is 11.8 Å². The van der Waals surface area contributed by atoms with Crippen LogP contribution in [0.15, 0.2) is 53.4 Å². The van der Waals surface area contributed by atoms with Crippen LogP contribution in [0.1, 0.15) is 18.5 Å². The molecule has 2 amide bonds. The largest absolute Gasteiger partial charge is 0.348 e. The standard InChI is InChI=1S/C20H24ClN3O2S/c1-14(15-8-4-5-9-16(15)21)22-19(25)12-24(2)13-20(26)23-17-10-6-7-11-18(17)27-3/h4-11,14H,12-13H2,1-3H3,(H,22,25)(H,23,26)/t14-/m0/s1. The first-order chi connectivity index (χ1) is 12.9. The van der Waals surface area contributed by atoms with Gasteiger partial charge in [-0.1, -0.05) is 41.9 Å². The monoisotopic (exact) mass is 405 g/mol. The van der Waals surface area contributed by atoms with Crippen LogP contribution in [0.4, 0.5) is 5.69 Å². The number of carbonyl (C=O) groups is 2. The summed E-state index contributed by atoms with van der Waals surface area (Å²) < 4.78 is 0. The van der Waals surface area contributed by atoms with Crippen LogP contribution in [0.25, 0.3) is 0 Å². The predicted octanol–water partition coefficient (Wildman–Crippen LogP) is 3.81. The smallest absolute Gasteiger partial charge is 0.238 e. The molecule has 0 unspecified atom stereocenters. The van der Waals surface area contributed by atoms with Crippen molar-refractivity contribution in [1.29, 1.82) is 0 Å². The highest BCUT2D eigenvalue weighted by atomic mass is 35.5. The van der Waals surface area contributed by atoms with Crippen molar-refractivity contribution in [3.63, 3.8) is 0 Å². The van der Waals surface area contributed by atoms with E-state index in [4.69, 9.17) is 11.6 Å². The lowest BCUT2D eigenvalue weighted by Gasteiger charge is -2.20. The Bertz CT molecular complexity index is 800. The van der Waals surface area contributed by atoms with Gasteiger partial charge in [0.1, 0.15) is 0 Å². The molecule has 0 aliphatic carbocycles. The number of halogens is 1. The lowest BCUT2D eigenvalue weighted by Crippen LogP contribution is -2.39. The summed E-state index contributed by atoms with van der Waals surface area (Å²) in [6.45, 7) is 2.12. The number of benzene rings is 2. The van der Waals surface area contributed by atoms with E-state index in [0.29, 0.717) is 5.02 Å². The summed E-state index contributed by atoms with van der Waals surface area (Å²) in [4.78, 5) is 27.2. The van der Waals surface area contributed by atoms with E-state index in [-0.39, 0.29) is 30.9 Å². The maximum atomic E-state index is 12.3. The quantitative estimate of drug-likeness (QED) is 0.655. The van der Waals surface area contributed by atoms with Gasteiger partial charge in [0.05, 0.1) is 24.8 Å². The van der Waals surface area contributed by atoms with Gasteiger partial charge >= 0.3 is 0 Å². The van der Waals surface area contributed by atoms with Crippen LogP contribution in [-0.2, 0) is 9.59 Å². The SMILES string of the molecule is CSc1ccccc1NC(=O)CN(C)CC(=O)N[C@@H](C)c1ccccc1Cl. The summed E-state index contributed by atoms with van der Waals surface area (Å²) >= 11 is 7.73. The molecule has 2 aromatic carbocycles. The second-order valence-corrected chi connectivity index (χ2v) is 7.49. The fourth-order valence-corrected chi connectivity index (χ4v) is 3.53. The van der Waals surface area contributed by atoms with Gasteiger partial charge in [-0.05, 0) is 44.0 Å². The van der Waals surface area contributed by atoms with E-state index >= 15 is 0 Å². The molecule has 144 valence electrons. The number of likely N-dealkylation sites (N-methyl/N-ethyl adjacent to an activating group) is 1. The molecule has 0 aromatic heterocycles. The van der Waals surface area contributed by atoms with Crippen molar-refractivity contribution in [2.24, 2.45) is 0 Å². The maximum Gasteiger partial charge on any atom is 0.238 e. The van der Waals surface area contributed by atoms with Gasteiger partial charge in [0.2, 0.25) is 11.8 Å². The van der Waals surface area contributed by atoms with Crippen LogP contribution in [-0.4, -0.2) is 43.1 Å². The number of thioether (sulfide) groups is 1. The molecule has 0 heterocycles. The molecule has 2 aromatic rings. The lowest BCUT2D eigenvalue weighted by atomic mass is 10.1. The van der Waals surface area contributed by atoms with Crippen molar-refractivity contribution in [2.45, 2.75) is 17.9 Å². The summed E-state index contributed by atoms with van der Waals surface area (Å²) in [7, 11) is 1.74. The molecular formula is C20H24ClN3O2S. The normalized spacial score (nSPS) is 11.9. The molecule has 1 atom stereocenters. The number of hydrogen-bond donors (Lipinski definition) is 2. The van der Waals surface area contributed by atoms with Crippen LogP contribution in [0.3, 0.4) is 0 Å². The average Bonchev–Trinajstić information content (AvgIpc) is 2.61. The first kappa shape index (κ1) is 21.3. The molecule has 0 saturated heterocycles. The summed E-state index contributed by atoms with van der Waals surface area (Å²) in [6.07, 6.45) is 1.96. The van der Waals surface area contributed by atoms with E-state index in [9.17, 15) is 9.59 Å². The molecular weight excluding hydrogens is 382 g/mol. The Balaban J connectivity index is 1.84. The lowest BCUT2D eigenvalue weighted by molar-refractivity contribution is -0.123. The van der Waals surface area contributed by atoms with E-state index in [1.54, 1.807) is 29.8 Å². The molecule has 0 saturated carbocycles. The molecule has 0 aliphatic heterocycles. The minimum absolute atomic E-state index is 0.117.